The summed E-state index contributed by atoms with van der Waals surface area (Å²) in [7, 11) is 0. The van der Waals surface area contributed by atoms with E-state index in [1.165, 1.54) is 17.0 Å². The minimum absolute atomic E-state index is 0.0138. The molecule has 0 saturated carbocycles. The van der Waals surface area contributed by atoms with E-state index in [2.05, 4.69) is 47.1 Å². The topological polar surface area (TPSA) is 36.3 Å². The number of anilines is 2. The van der Waals surface area contributed by atoms with Gasteiger partial charge >= 0.3 is 0 Å². The number of piperazine rings is 1. The van der Waals surface area contributed by atoms with Gasteiger partial charge in [-0.3, -0.25) is 4.90 Å². The highest BCUT2D eigenvalue weighted by molar-refractivity contribution is 7.73. The molecule has 1 aromatic carbocycles. The molecule has 0 spiro atoms. The van der Waals surface area contributed by atoms with Gasteiger partial charge in [-0.1, -0.05) is 29.0 Å². The van der Waals surface area contributed by atoms with Gasteiger partial charge in [-0.15, -0.1) is 5.10 Å². The summed E-state index contributed by atoms with van der Waals surface area (Å²) in [5.41, 5.74) is 1.18. The molecule has 0 aliphatic carbocycles. The second-order valence-corrected chi connectivity index (χ2v) is 9.33. The second kappa shape index (κ2) is 7.61. The Labute approximate surface area is 163 Å². The van der Waals surface area contributed by atoms with E-state index in [9.17, 15) is 0 Å². The monoisotopic (exact) mass is 397 g/mol. The zero-order valence-electron chi connectivity index (χ0n) is 14.8. The summed E-state index contributed by atoms with van der Waals surface area (Å²) in [6.45, 7) is 11.0. The van der Waals surface area contributed by atoms with E-state index in [0.717, 1.165) is 47.0 Å². The van der Waals surface area contributed by atoms with Crippen LogP contribution in [0.1, 0.15) is 20.8 Å². The van der Waals surface area contributed by atoms with Gasteiger partial charge in [-0.25, -0.2) is 4.68 Å². The molecule has 0 radical (unpaired) electrons. The summed E-state index contributed by atoms with van der Waals surface area (Å²) in [4.78, 5) is 4.76. The van der Waals surface area contributed by atoms with E-state index in [4.69, 9.17) is 23.8 Å². The molecular weight excluding hydrogens is 374 g/mol. The lowest BCUT2D eigenvalue weighted by atomic mass is 10.1. The first-order chi connectivity index (χ1) is 11.8. The highest BCUT2D eigenvalue weighted by Gasteiger charge is 2.19. The minimum Gasteiger partial charge on any atom is -0.369 e. The SMILES string of the molecule is CC(C)(C)Nc1nn(CN2CCN(c3cccc(Cl)c3)CC2)c(=S)s1. The van der Waals surface area contributed by atoms with Crippen molar-refractivity contribution < 1.29 is 0 Å². The second-order valence-electron chi connectivity index (χ2n) is 7.27. The maximum Gasteiger partial charge on any atom is 0.205 e. The molecule has 2 heterocycles. The van der Waals surface area contributed by atoms with Gasteiger partial charge in [0, 0.05) is 42.4 Å². The van der Waals surface area contributed by atoms with Gasteiger partial charge in [0.15, 0.2) is 3.95 Å². The van der Waals surface area contributed by atoms with Crippen molar-refractivity contribution in [2.75, 3.05) is 36.4 Å². The van der Waals surface area contributed by atoms with Crippen molar-refractivity contribution in [2.45, 2.75) is 33.0 Å². The predicted molar refractivity (Wildman–Crippen MR) is 110 cm³/mol. The molecular formula is C17H24ClN5S2. The molecule has 1 fully saturated rings. The Morgan fingerprint density at radius 3 is 2.60 bits per heavy atom. The molecule has 3 rings (SSSR count). The van der Waals surface area contributed by atoms with E-state index >= 15 is 0 Å². The zero-order valence-corrected chi connectivity index (χ0v) is 17.2. The fraction of sp³-hybridized carbons (Fsp3) is 0.529. The normalized spacial score (nSPS) is 16.2. The first kappa shape index (κ1) is 18.6. The molecule has 1 aromatic heterocycles. The number of hydrogen-bond donors (Lipinski definition) is 1. The summed E-state index contributed by atoms with van der Waals surface area (Å²) in [5.74, 6) is 0. The van der Waals surface area contributed by atoms with Crippen LogP contribution in [0.2, 0.25) is 5.02 Å². The van der Waals surface area contributed by atoms with Gasteiger partial charge in [-0.2, -0.15) is 0 Å². The van der Waals surface area contributed by atoms with Crippen molar-refractivity contribution >= 4 is 46.0 Å². The number of hydrogen-bond acceptors (Lipinski definition) is 6. The Morgan fingerprint density at radius 2 is 1.96 bits per heavy atom. The van der Waals surface area contributed by atoms with Gasteiger partial charge in [0.2, 0.25) is 5.13 Å². The first-order valence-corrected chi connectivity index (χ1v) is 9.99. The van der Waals surface area contributed by atoms with Crippen LogP contribution in [0.5, 0.6) is 0 Å². The van der Waals surface area contributed by atoms with Crippen LogP contribution in [0.25, 0.3) is 0 Å². The Hall–Kier alpha value is -1.15. The zero-order chi connectivity index (χ0) is 18.0. The van der Waals surface area contributed by atoms with Crippen molar-refractivity contribution in [1.82, 2.24) is 14.7 Å². The number of rotatable bonds is 4. The van der Waals surface area contributed by atoms with Crippen LogP contribution in [0.4, 0.5) is 10.8 Å². The standard InChI is InChI=1S/C17H24ClN5S2/c1-17(2,3)19-15-20-23(16(24)25-15)12-21-7-9-22(10-8-21)14-6-4-5-13(18)11-14/h4-6,11H,7-10,12H2,1-3H3,(H,19,20). The molecule has 0 bridgehead atoms. The number of benzene rings is 1. The Kier molecular flexibility index (Phi) is 5.68. The molecule has 1 saturated heterocycles. The lowest BCUT2D eigenvalue weighted by Gasteiger charge is -2.35. The number of nitrogens with one attached hydrogen (secondary N) is 1. The van der Waals surface area contributed by atoms with Crippen LogP contribution in [0, 0.1) is 3.95 Å². The summed E-state index contributed by atoms with van der Waals surface area (Å²) in [5, 5.41) is 9.69. The van der Waals surface area contributed by atoms with Crippen LogP contribution >= 0.6 is 35.2 Å². The van der Waals surface area contributed by atoms with Crippen LogP contribution in [-0.4, -0.2) is 46.4 Å². The van der Waals surface area contributed by atoms with Gasteiger partial charge in [-0.05, 0) is 51.2 Å². The average Bonchev–Trinajstić information content (AvgIpc) is 2.85. The van der Waals surface area contributed by atoms with Crippen LogP contribution < -0.4 is 10.2 Å². The van der Waals surface area contributed by atoms with Crippen molar-refractivity contribution in [3.05, 3.63) is 33.2 Å². The highest BCUT2D eigenvalue weighted by Crippen LogP contribution is 2.22. The molecule has 1 aliphatic rings. The Morgan fingerprint density at radius 1 is 1.24 bits per heavy atom. The third-order valence-electron chi connectivity index (χ3n) is 3.97. The van der Waals surface area contributed by atoms with E-state index in [-0.39, 0.29) is 5.54 Å². The molecule has 0 atom stereocenters. The molecule has 5 nitrogen and oxygen atoms in total. The molecule has 8 heteroatoms. The van der Waals surface area contributed by atoms with Crippen LogP contribution in [-0.2, 0) is 6.67 Å². The highest BCUT2D eigenvalue weighted by atomic mass is 35.5. The largest absolute Gasteiger partial charge is 0.369 e. The summed E-state index contributed by atoms with van der Waals surface area (Å²) < 4.78 is 2.73. The van der Waals surface area contributed by atoms with E-state index in [0.29, 0.717) is 0 Å². The van der Waals surface area contributed by atoms with E-state index in [1.807, 2.05) is 22.9 Å². The maximum atomic E-state index is 6.10. The number of nitrogens with zero attached hydrogens (tertiary/aromatic N) is 4. The van der Waals surface area contributed by atoms with Gasteiger partial charge in [0.05, 0.1) is 6.67 Å². The van der Waals surface area contributed by atoms with Gasteiger partial charge in [0.25, 0.3) is 0 Å². The molecule has 2 aromatic rings. The fourth-order valence-corrected chi connectivity index (χ4v) is 4.16. The maximum absolute atomic E-state index is 6.10. The third-order valence-corrected chi connectivity index (χ3v) is 5.43. The molecule has 1 aliphatic heterocycles. The smallest absolute Gasteiger partial charge is 0.205 e. The van der Waals surface area contributed by atoms with Crippen molar-refractivity contribution in [3.63, 3.8) is 0 Å². The lowest BCUT2D eigenvalue weighted by Crippen LogP contribution is -2.47. The van der Waals surface area contributed by atoms with E-state index in [1.54, 1.807) is 0 Å². The van der Waals surface area contributed by atoms with Gasteiger partial charge < -0.3 is 10.2 Å². The molecule has 0 unspecified atom stereocenters. The summed E-state index contributed by atoms with van der Waals surface area (Å²) in [6.07, 6.45) is 0. The molecule has 136 valence electrons. The Balaban J connectivity index is 1.58. The quantitative estimate of drug-likeness (QED) is 0.777. The summed E-state index contributed by atoms with van der Waals surface area (Å²) in [6, 6.07) is 8.05. The third kappa shape index (κ3) is 5.17. The molecule has 0 amide bonds. The Bertz CT molecular complexity index is 772. The molecule has 25 heavy (non-hydrogen) atoms. The molecule has 1 N–H and O–H groups in total. The predicted octanol–water partition coefficient (Wildman–Crippen LogP) is 4.32. The average molecular weight is 398 g/mol. The minimum atomic E-state index is -0.0138. The van der Waals surface area contributed by atoms with Crippen LogP contribution in [0.15, 0.2) is 24.3 Å². The van der Waals surface area contributed by atoms with Crippen molar-refractivity contribution in [1.29, 1.82) is 0 Å². The van der Waals surface area contributed by atoms with Gasteiger partial charge in [0.1, 0.15) is 0 Å². The number of halogens is 1. The van der Waals surface area contributed by atoms with Crippen LogP contribution in [0.3, 0.4) is 0 Å². The number of aromatic nitrogens is 2. The first-order valence-electron chi connectivity index (χ1n) is 8.39. The lowest BCUT2D eigenvalue weighted by molar-refractivity contribution is 0.195. The van der Waals surface area contributed by atoms with Crippen molar-refractivity contribution in [2.24, 2.45) is 0 Å². The summed E-state index contributed by atoms with van der Waals surface area (Å²) >= 11 is 13.1. The van der Waals surface area contributed by atoms with E-state index < -0.39 is 0 Å². The van der Waals surface area contributed by atoms with Crippen molar-refractivity contribution in [3.8, 4) is 0 Å². The fourth-order valence-electron chi connectivity index (χ4n) is 2.78.